The number of halogens is 3. The Morgan fingerprint density at radius 1 is 0.973 bits per heavy atom. The number of ether oxygens (including phenoxy) is 2. The third-order valence-corrected chi connectivity index (χ3v) is 14.0. The van der Waals surface area contributed by atoms with Gasteiger partial charge in [0.05, 0.1) is 64.4 Å². The largest absolute Gasteiger partial charge is 0.493 e. The molecule has 2 fully saturated rings. The van der Waals surface area contributed by atoms with Gasteiger partial charge in [0.1, 0.15) is 30.0 Å². The number of hydrogen-bond donors (Lipinski definition) is 4. The first kappa shape index (κ1) is 54.0. The fourth-order valence-corrected chi connectivity index (χ4v) is 10.0. The molecule has 4 N–H and O–H groups in total. The molecule has 7 rings (SSSR count). The lowest BCUT2D eigenvalue weighted by atomic mass is 9.85. The smallest absolute Gasteiger partial charge is 0.417 e. The third kappa shape index (κ3) is 12.4. The van der Waals surface area contributed by atoms with Crippen molar-refractivity contribution in [1.82, 2.24) is 20.5 Å². The lowest BCUT2D eigenvalue weighted by Crippen LogP contribution is -2.58. The first-order valence-electron chi connectivity index (χ1n) is 23.4. The molecule has 1 aromatic heterocycles. The minimum absolute atomic E-state index is 0.0155. The van der Waals surface area contributed by atoms with Crippen molar-refractivity contribution in [2.45, 2.75) is 96.9 Å². The highest BCUT2D eigenvalue weighted by Crippen LogP contribution is 2.40. The fraction of sp³-hybridized carbons (Fsp3) is 0.377. The van der Waals surface area contributed by atoms with E-state index < -0.39 is 82.8 Å². The summed E-state index contributed by atoms with van der Waals surface area (Å²) in [6, 6.07) is 24.7. The lowest BCUT2D eigenvalue weighted by Gasteiger charge is -2.35. The van der Waals surface area contributed by atoms with Gasteiger partial charge < -0.3 is 40.1 Å². The molecule has 2 aliphatic heterocycles. The molecular weight excluding hydrogens is 984 g/mol. The molecule has 0 spiro atoms. The SMILES string of the molecule is Cc1ncsc1-c1ccc(CNC(=O)[C@@H]2C[C@@H](O)CN2C(=O)C(NC(=O)COCC(O)CCOc2ccc(-c3ccc(N4C(=S)N(c5ccc(C#N)c(C(F)(F)F)c5)C(=O)C4(C)C)cc3)cc2)C(C)(C)C)cc1. The molecule has 73 heavy (non-hydrogen) atoms. The number of aliphatic hydroxyl groups excluding tert-OH is 2. The predicted molar refractivity (Wildman–Crippen MR) is 273 cm³/mol. The van der Waals surface area contributed by atoms with Crippen molar-refractivity contribution in [2.75, 3.05) is 36.2 Å². The van der Waals surface area contributed by atoms with Crippen LogP contribution in [0, 0.1) is 23.7 Å². The molecule has 384 valence electrons. The van der Waals surface area contributed by atoms with Gasteiger partial charge >= 0.3 is 6.18 Å². The Kier molecular flexibility index (Phi) is 16.4. The highest BCUT2D eigenvalue weighted by molar-refractivity contribution is 7.81. The summed E-state index contributed by atoms with van der Waals surface area (Å²) in [4.78, 5) is 63.5. The van der Waals surface area contributed by atoms with Crippen LogP contribution in [0.5, 0.6) is 5.75 Å². The van der Waals surface area contributed by atoms with Crippen molar-refractivity contribution >= 4 is 63.7 Å². The van der Waals surface area contributed by atoms with Gasteiger partial charge in [-0.05, 0) is 103 Å². The van der Waals surface area contributed by atoms with Crippen LogP contribution in [0.15, 0.2) is 96.5 Å². The first-order chi connectivity index (χ1) is 34.5. The Morgan fingerprint density at radius 2 is 1.60 bits per heavy atom. The van der Waals surface area contributed by atoms with Crippen molar-refractivity contribution in [3.63, 3.8) is 0 Å². The van der Waals surface area contributed by atoms with Gasteiger partial charge in [0.25, 0.3) is 5.91 Å². The molecule has 15 nitrogen and oxygen atoms in total. The van der Waals surface area contributed by atoms with Crippen LogP contribution in [0.3, 0.4) is 0 Å². The van der Waals surface area contributed by atoms with E-state index >= 15 is 0 Å². The van der Waals surface area contributed by atoms with E-state index in [0.717, 1.165) is 49.9 Å². The Morgan fingerprint density at radius 3 is 2.21 bits per heavy atom. The number of hydrogen-bond acceptors (Lipinski definition) is 12. The van der Waals surface area contributed by atoms with Crippen LogP contribution < -0.4 is 25.2 Å². The summed E-state index contributed by atoms with van der Waals surface area (Å²) >= 11 is 7.21. The molecule has 4 amide bonds. The maximum absolute atomic E-state index is 14.0. The quantitative estimate of drug-likeness (QED) is 0.0669. The second-order valence-electron chi connectivity index (χ2n) is 19.5. The summed E-state index contributed by atoms with van der Waals surface area (Å²) in [5.41, 5.74) is 2.95. The maximum Gasteiger partial charge on any atom is 0.417 e. The van der Waals surface area contributed by atoms with Crippen molar-refractivity contribution in [3.05, 3.63) is 119 Å². The van der Waals surface area contributed by atoms with E-state index in [2.05, 4.69) is 15.6 Å². The average molecular weight is 1040 g/mol. The number of aromatic nitrogens is 1. The standard InChI is InChI=1S/C53H56F3N7O8S2/c1-31-45(73-30-59-31)35-9-7-32(8-10-35)26-58-47(67)43-24-40(65)27-61(43)48(68)46(51(2,3)4)60-44(66)29-70-28-39(64)21-22-71-41-19-14-34(15-20-41)33-11-16-37(17-12-33)63-50(72)62(49(69)52(63,5)6)38-18-13-36(25-57)42(23-38)53(54,55)56/h7-20,23,30,39-40,43,46,64-65H,21-22,24,26-29H2,1-6H3,(H,58,67)(H,60,66)/t39?,40-,43+,46?/m1/s1. The average Bonchev–Trinajstić information content (AvgIpc) is 4.01. The predicted octanol–water partition coefficient (Wildman–Crippen LogP) is 7.55. The number of thiazole rings is 1. The van der Waals surface area contributed by atoms with Gasteiger partial charge in [0.15, 0.2) is 5.11 Å². The number of carbonyl (C=O) groups excluding carboxylic acids is 4. The number of β-amino-alcohol motifs (C(OH)–C–C–N with tert-alkyl or cyclic N) is 1. The number of aliphatic hydroxyl groups is 2. The number of likely N-dealkylation sites (tertiary alicyclic amines) is 1. The fourth-order valence-electron chi connectivity index (χ4n) is 8.67. The number of nitrogens with zero attached hydrogens (tertiary/aromatic N) is 5. The van der Waals surface area contributed by atoms with E-state index in [9.17, 15) is 47.8 Å². The number of carbonyl (C=O) groups is 4. The molecule has 0 aliphatic carbocycles. The number of aryl methyl sites for hydroxylation is 1. The Bertz CT molecular complexity index is 2880. The van der Waals surface area contributed by atoms with Gasteiger partial charge in [0, 0.05) is 31.6 Å². The van der Waals surface area contributed by atoms with Crippen LogP contribution in [0.25, 0.3) is 21.6 Å². The minimum atomic E-state index is -4.82. The number of alkyl halides is 3. The van der Waals surface area contributed by atoms with Crippen LogP contribution in [-0.4, -0.2) is 105 Å². The van der Waals surface area contributed by atoms with Gasteiger partial charge in [-0.2, -0.15) is 18.4 Å². The van der Waals surface area contributed by atoms with E-state index in [-0.39, 0.29) is 49.9 Å². The number of thiocarbonyl (C=S) groups is 1. The molecule has 0 radical (unpaired) electrons. The Balaban J connectivity index is 0.855. The zero-order valence-corrected chi connectivity index (χ0v) is 42.7. The highest BCUT2D eigenvalue weighted by Gasteiger charge is 2.51. The van der Waals surface area contributed by atoms with Gasteiger partial charge in [-0.1, -0.05) is 69.3 Å². The van der Waals surface area contributed by atoms with E-state index in [0.29, 0.717) is 11.4 Å². The summed E-state index contributed by atoms with van der Waals surface area (Å²) in [6.07, 6.45) is -6.49. The molecule has 5 aromatic rings. The van der Waals surface area contributed by atoms with Crippen molar-refractivity contribution in [3.8, 4) is 33.4 Å². The van der Waals surface area contributed by atoms with Crippen molar-refractivity contribution < 1.29 is 52.0 Å². The molecule has 2 aliphatic rings. The molecule has 0 bridgehead atoms. The van der Waals surface area contributed by atoms with Gasteiger partial charge in [-0.3, -0.25) is 24.1 Å². The first-order valence-corrected chi connectivity index (χ1v) is 24.7. The van der Waals surface area contributed by atoms with E-state index in [1.807, 2.05) is 55.5 Å². The second-order valence-corrected chi connectivity index (χ2v) is 20.7. The van der Waals surface area contributed by atoms with Crippen LogP contribution in [-0.2, 0) is 36.6 Å². The van der Waals surface area contributed by atoms with Gasteiger partial charge in [-0.25, -0.2) is 4.98 Å². The molecule has 4 atom stereocenters. The zero-order valence-electron chi connectivity index (χ0n) is 41.0. The number of amides is 4. The van der Waals surface area contributed by atoms with Gasteiger partial charge in [0.2, 0.25) is 17.7 Å². The normalized spacial score (nSPS) is 17.6. The van der Waals surface area contributed by atoms with E-state index in [1.165, 1.54) is 11.0 Å². The van der Waals surface area contributed by atoms with Crippen LogP contribution in [0.4, 0.5) is 24.5 Å². The Hall–Kier alpha value is -6.76. The molecule has 20 heteroatoms. The zero-order chi connectivity index (χ0) is 53.0. The molecule has 4 aromatic carbocycles. The second kappa shape index (κ2) is 22.2. The summed E-state index contributed by atoms with van der Waals surface area (Å²) in [5, 5.41) is 36.0. The molecule has 0 saturated carbocycles. The van der Waals surface area contributed by atoms with Crippen molar-refractivity contribution in [2.24, 2.45) is 5.41 Å². The van der Waals surface area contributed by atoms with E-state index in [1.54, 1.807) is 86.7 Å². The lowest BCUT2D eigenvalue weighted by molar-refractivity contribution is -0.144. The molecular formula is C53H56F3N7O8S2. The van der Waals surface area contributed by atoms with E-state index in [4.69, 9.17) is 21.7 Å². The highest BCUT2D eigenvalue weighted by atomic mass is 32.1. The van der Waals surface area contributed by atoms with Gasteiger partial charge in [-0.15, -0.1) is 11.3 Å². The van der Waals surface area contributed by atoms with Crippen molar-refractivity contribution in [1.29, 1.82) is 5.26 Å². The number of anilines is 2. The number of nitriles is 1. The van der Waals surface area contributed by atoms with Crippen LogP contribution >= 0.6 is 23.6 Å². The van der Waals surface area contributed by atoms with Crippen LogP contribution in [0.1, 0.15) is 69.8 Å². The molecule has 2 saturated heterocycles. The van der Waals surface area contributed by atoms with Crippen LogP contribution in [0.2, 0.25) is 0 Å². The third-order valence-electron chi connectivity index (χ3n) is 12.6. The number of benzene rings is 4. The summed E-state index contributed by atoms with van der Waals surface area (Å²) in [6.45, 7) is 10.2. The molecule has 2 unspecified atom stereocenters. The maximum atomic E-state index is 14.0. The Labute approximate surface area is 430 Å². The summed E-state index contributed by atoms with van der Waals surface area (Å²) in [7, 11) is 0. The summed E-state index contributed by atoms with van der Waals surface area (Å²) < 4.78 is 52.7. The number of rotatable bonds is 17. The minimum Gasteiger partial charge on any atom is -0.493 e. The number of nitrogens with one attached hydrogen (secondary N) is 2. The summed E-state index contributed by atoms with van der Waals surface area (Å²) in [5.74, 6) is -1.53. The topological polar surface area (TPSA) is 198 Å². The monoisotopic (exact) mass is 1040 g/mol. The molecule has 3 heterocycles.